The fourth-order valence-corrected chi connectivity index (χ4v) is 3.28. The summed E-state index contributed by atoms with van der Waals surface area (Å²) in [6.07, 6.45) is 2.61. The molecule has 2 heterocycles. The zero-order valence-electron chi connectivity index (χ0n) is 16.4. The zero-order chi connectivity index (χ0) is 20.4. The van der Waals surface area contributed by atoms with Crippen LogP contribution in [0.15, 0.2) is 36.0 Å². The Kier molecular flexibility index (Phi) is 5.35. The minimum absolute atomic E-state index is 0.135. The molecule has 146 valence electrons. The van der Waals surface area contributed by atoms with E-state index in [-0.39, 0.29) is 5.70 Å². The third kappa shape index (κ3) is 3.55. The maximum atomic E-state index is 12.5. The van der Waals surface area contributed by atoms with Gasteiger partial charge in [0.25, 0.3) is 5.91 Å². The average molecular weight is 381 g/mol. The van der Waals surface area contributed by atoms with Gasteiger partial charge < -0.3 is 14.6 Å². The summed E-state index contributed by atoms with van der Waals surface area (Å²) in [6.45, 7) is 5.64. The van der Waals surface area contributed by atoms with Gasteiger partial charge in [-0.15, -0.1) is 0 Å². The summed E-state index contributed by atoms with van der Waals surface area (Å²) >= 11 is 0. The van der Waals surface area contributed by atoms with Crippen molar-refractivity contribution >= 4 is 24.0 Å². The van der Waals surface area contributed by atoms with Crippen LogP contribution in [0, 0.1) is 13.8 Å². The largest absolute Gasteiger partial charge is 0.468 e. The Morgan fingerprint density at radius 3 is 2.46 bits per heavy atom. The maximum Gasteiger partial charge on any atom is 0.329 e. The fourth-order valence-electron chi connectivity index (χ4n) is 3.28. The minimum atomic E-state index is -0.654. The Balaban J connectivity index is 1.92. The van der Waals surface area contributed by atoms with Crippen LogP contribution in [0.5, 0.6) is 0 Å². The van der Waals surface area contributed by atoms with Crippen molar-refractivity contribution in [2.75, 3.05) is 13.7 Å². The molecule has 1 aromatic heterocycles. The first-order valence-corrected chi connectivity index (χ1v) is 9.05. The lowest BCUT2D eigenvalue weighted by Crippen LogP contribution is -2.36. The third-order valence-corrected chi connectivity index (χ3v) is 4.85. The molecule has 0 unspecified atom stereocenters. The molecular formula is C21H23N3O4. The predicted molar refractivity (Wildman–Crippen MR) is 105 cm³/mol. The van der Waals surface area contributed by atoms with Gasteiger partial charge in [0.2, 0.25) is 0 Å². The summed E-state index contributed by atoms with van der Waals surface area (Å²) in [7, 11) is 1.21. The van der Waals surface area contributed by atoms with E-state index in [0.29, 0.717) is 0 Å². The number of rotatable bonds is 5. The average Bonchev–Trinajstić information content (AvgIpc) is 3.11. The highest BCUT2D eigenvalue weighted by Crippen LogP contribution is 2.24. The van der Waals surface area contributed by atoms with Gasteiger partial charge in [0.15, 0.2) is 0 Å². The number of methoxy groups -OCH3 is 1. The molecule has 1 N–H and O–H groups in total. The number of hydrogen-bond acceptors (Lipinski definition) is 4. The number of benzene rings is 1. The van der Waals surface area contributed by atoms with Gasteiger partial charge in [-0.05, 0) is 55.7 Å². The number of ether oxygens (including phenoxy) is 1. The molecule has 0 spiro atoms. The lowest BCUT2D eigenvalue weighted by atomic mass is 10.1. The van der Waals surface area contributed by atoms with Gasteiger partial charge in [0, 0.05) is 17.1 Å². The fraction of sp³-hybridized carbons (Fsp3) is 0.286. The van der Waals surface area contributed by atoms with Gasteiger partial charge in [0.05, 0.1) is 7.11 Å². The smallest absolute Gasteiger partial charge is 0.329 e. The molecule has 0 bridgehead atoms. The van der Waals surface area contributed by atoms with E-state index in [9.17, 15) is 14.4 Å². The van der Waals surface area contributed by atoms with Crippen LogP contribution in [0.4, 0.5) is 4.79 Å². The van der Waals surface area contributed by atoms with Gasteiger partial charge in [-0.1, -0.05) is 19.1 Å². The van der Waals surface area contributed by atoms with Gasteiger partial charge >= 0.3 is 12.0 Å². The van der Waals surface area contributed by atoms with Gasteiger partial charge in [-0.3, -0.25) is 9.59 Å². The molecule has 1 aliphatic heterocycles. The lowest BCUT2D eigenvalue weighted by molar-refractivity contribution is -0.143. The number of hydrogen-bond donors (Lipinski definition) is 1. The minimum Gasteiger partial charge on any atom is -0.468 e. The summed E-state index contributed by atoms with van der Waals surface area (Å²) in [5.41, 5.74) is 5.21. The number of esters is 1. The number of urea groups is 1. The molecule has 3 rings (SSSR count). The van der Waals surface area contributed by atoms with Crippen molar-refractivity contribution in [1.29, 1.82) is 0 Å². The van der Waals surface area contributed by atoms with E-state index in [0.717, 1.165) is 34.0 Å². The van der Waals surface area contributed by atoms with Gasteiger partial charge in [-0.25, -0.2) is 9.69 Å². The standard InChI is InChI=1S/C21H23N3O4/c1-5-15-6-8-17(9-7-15)24-13(2)10-16(14(24)3)11-18-20(26)23(21(27)22-18)12-19(25)28-4/h6-11H,5,12H2,1-4H3,(H,22,27)/b18-11+. The van der Waals surface area contributed by atoms with Crippen molar-refractivity contribution in [2.24, 2.45) is 0 Å². The Morgan fingerprint density at radius 2 is 1.86 bits per heavy atom. The highest BCUT2D eigenvalue weighted by Gasteiger charge is 2.35. The number of amides is 3. The SMILES string of the molecule is CCc1ccc(-n2c(C)cc(/C=C3/NC(=O)N(CC(=O)OC)C3=O)c2C)cc1. The third-order valence-electron chi connectivity index (χ3n) is 4.85. The van der Waals surface area contributed by atoms with Crippen molar-refractivity contribution < 1.29 is 19.1 Å². The second-order valence-corrected chi connectivity index (χ2v) is 6.64. The summed E-state index contributed by atoms with van der Waals surface area (Å²) in [5, 5.41) is 2.52. The van der Waals surface area contributed by atoms with Crippen LogP contribution in [-0.4, -0.2) is 41.0 Å². The Hall–Kier alpha value is -3.35. The number of nitrogens with one attached hydrogen (secondary N) is 1. The van der Waals surface area contributed by atoms with Crippen LogP contribution in [0.3, 0.4) is 0 Å². The van der Waals surface area contributed by atoms with Crippen LogP contribution in [0.1, 0.15) is 29.4 Å². The highest BCUT2D eigenvalue weighted by atomic mass is 16.5. The molecule has 1 fully saturated rings. The zero-order valence-corrected chi connectivity index (χ0v) is 16.4. The van der Waals surface area contributed by atoms with Crippen molar-refractivity contribution in [3.05, 3.63) is 58.5 Å². The monoisotopic (exact) mass is 381 g/mol. The van der Waals surface area contributed by atoms with Crippen molar-refractivity contribution in [3.63, 3.8) is 0 Å². The second-order valence-electron chi connectivity index (χ2n) is 6.64. The lowest BCUT2D eigenvalue weighted by Gasteiger charge is -2.10. The summed E-state index contributed by atoms with van der Waals surface area (Å²) in [5.74, 6) is -1.20. The molecule has 0 radical (unpaired) electrons. The van der Waals surface area contributed by atoms with Crippen LogP contribution in [0.25, 0.3) is 11.8 Å². The molecule has 7 nitrogen and oxygen atoms in total. The van der Waals surface area contributed by atoms with E-state index in [1.54, 1.807) is 6.08 Å². The quantitative estimate of drug-likeness (QED) is 0.491. The molecule has 7 heteroatoms. The van der Waals surface area contributed by atoms with Crippen molar-refractivity contribution in [2.45, 2.75) is 27.2 Å². The normalized spacial score (nSPS) is 15.3. The first-order valence-electron chi connectivity index (χ1n) is 9.05. The van der Waals surface area contributed by atoms with E-state index in [1.165, 1.54) is 12.7 Å². The molecule has 1 aliphatic rings. The maximum absolute atomic E-state index is 12.5. The van der Waals surface area contributed by atoms with Crippen molar-refractivity contribution in [3.8, 4) is 5.69 Å². The molecule has 2 aromatic rings. The molecule has 1 aromatic carbocycles. The van der Waals surface area contributed by atoms with Crippen LogP contribution >= 0.6 is 0 Å². The summed E-state index contributed by atoms with van der Waals surface area (Å²) in [6, 6.07) is 9.64. The van der Waals surface area contributed by atoms with Crippen molar-refractivity contribution in [1.82, 2.24) is 14.8 Å². The van der Waals surface area contributed by atoms with E-state index >= 15 is 0 Å². The second kappa shape index (κ2) is 7.72. The number of carbonyl (C=O) groups is 3. The molecule has 0 aliphatic carbocycles. The molecule has 3 amide bonds. The molecule has 28 heavy (non-hydrogen) atoms. The van der Waals surface area contributed by atoms with Crippen LogP contribution in [0.2, 0.25) is 0 Å². The topological polar surface area (TPSA) is 80.6 Å². The van der Waals surface area contributed by atoms with E-state index in [4.69, 9.17) is 0 Å². The number of aryl methyl sites for hydroxylation is 2. The van der Waals surface area contributed by atoms with E-state index in [2.05, 4.69) is 45.8 Å². The Labute approximate surface area is 163 Å². The summed E-state index contributed by atoms with van der Waals surface area (Å²) < 4.78 is 6.63. The summed E-state index contributed by atoms with van der Waals surface area (Å²) in [4.78, 5) is 36.7. The number of aromatic nitrogens is 1. The first kappa shape index (κ1) is 19.4. The molecule has 0 saturated carbocycles. The molecule has 0 atom stereocenters. The van der Waals surface area contributed by atoms with E-state index < -0.39 is 24.5 Å². The number of carbonyl (C=O) groups excluding carboxylic acids is 3. The van der Waals surface area contributed by atoms with Crippen LogP contribution < -0.4 is 5.32 Å². The highest BCUT2D eigenvalue weighted by molar-refractivity contribution is 6.15. The predicted octanol–water partition coefficient (Wildman–Crippen LogP) is 2.72. The number of imide groups is 1. The molecule has 1 saturated heterocycles. The van der Waals surface area contributed by atoms with Crippen LogP contribution in [-0.2, 0) is 20.7 Å². The Bertz CT molecular complexity index is 970. The first-order chi connectivity index (χ1) is 13.3. The van der Waals surface area contributed by atoms with Gasteiger partial charge in [0.1, 0.15) is 12.2 Å². The van der Waals surface area contributed by atoms with E-state index in [1.807, 2.05) is 19.9 Å². The molecular weight excluding hydrogens is 358 g/mol. The van der Waals surface area contributed by atoms with Gasteiger partial charge in [-0.2, -0.15) is 0 Å². The Morgan fingerprint density at radius 1 is 1.18 bits per heavy atom. The number of nitrogens with zero attached hydrogens (tertiary/aromatic N) is 2.